The van der Waals surface area contributed by atoms with E-state index in [0.29, 0.717) is 0 Å². The van der Waals surface area contributed by atoms with Crippen LogP contribution in [0.25, 0.3) is 105 Å². The number of rotatable bonds is 7. The summed E-state index contributed by atoms with van der Waals surface area (Å²) >= 11 is 0. The van der Waals surface area contributed by atoms with Crippen LogP contribution in [-0.2, 0) is 5.41 Å². The van der Waals surface area contributed by atoms with Crippen molar-refractivity contribution in [2.75, 3.05) is 0 Å². The Kier molecular flexibility index (Phi) is 9.15. The summed E-state index contributed by atoms with van der Waals surface area (Å²) in [6, 6.07) is 97.7. The molecule has 2 nitrogen and oxygen atoms in total. The molecule has 2 heterocycles. The fraction of sp³-hybridized carbons (Fsp3) is 0.0147. The maximum atomic E-state index is 5.48. The molecule has 326 valence electrons. The SMILES string of the molecule is c1ccc(-c2nc3cccc(-c4ccc(-c5ccc(-c6ccc7c(c6)C(c6ccccc6)(c6ccccc6)c6ccccc6-7)cc5)cc4)c3c3cc4c5ccccc5n(-c5ccccc5)c4cc23)cc1. The molecule has 0 atom stereocenters. The highest BCUT2D eigenvalue weighted by molar-refractivity contribution is 6.22. The fourth-order valence-corrected chi connectivity index (χ4v) is 11.7. The summed E-state index contributed by atoms with van der Waals surface area (Å²) < 4.78 is 2.40. The van der Waals surface area contributed by atoms with Gasteiger partial charge in [-0.25, -0.2) is 4.98 Å². The Hall–Kier alpha value is -9.11. The Balaban J connectivity index is 0.865. The van der Waals surface area contributed by atoms with Crippen molar-refractivity contribution in [3.05, 3.63) is 289 Å². The predicted octanol–water partition coefficient (Wildman–Crippen LogP) is 17.5. The first-order valence-corrected chi connectivity index (χ1v) is 24.2. The highest BCUT2D eigenvalue weighted by Crippen LogP contribution is 2.57. The number of hydrogen-bond donors (Lipinski definition) is 0. The molecule has 0 radical (unpaired) electrons. The van der Waals surface area contributed by atoms with Crippen LogP contribution >= 0.6 is 0 Å². The third kappa shape index (κ3) is 6.10. The smallest absolute Gasteiger partial charge is 0.0788 e. The van der Waals surface area contributed by atoms with Crippen molar-refractivity contribution in [1.82, 2.24) is 9.55 Å². The van der Waals surface area contributed by atoms with Crippen LogP contribution in [0.2, 0.25) is 0 Å². The van der Waals surface area contributed by atoms with E-state index >= 15 is 0 Å². The van der Waals surface area contributed by atoms with Gasteiger partial charge in [-0.1, -0.05) is 224 Å². The molecule has 14 rings (SSSR count). The molecule has 0 saturated carbocycles. The lowest BCUT2D eigenvalue weighted by molar-refractivity contribution is 0.769. The van der Waals surface area contributed by atoms with Gasteiger partial charge in [0, 0.05) is 32.8 Å². The molecular weight excluding hydrogens is 845 g/mol. The molecule has 0 spiro atoms. The van der Waals surface area contributed by atoms with Gasteiger partial charge < -0.3 is 4.57 Å². The molecule has 2 aromatic heterocycles. The number of aromatic nitrogens is 2. The van der Waals surface area contributed by atoms with Gasteiger partial charge in [-0.15, -0.1) is 0 Å². The van der Waals surface area contributed by atoms with Crippen molar-refractivity contribution in [2.24, 2.45) is 0 Å². The second-order valence-corrected chi connectivity index (χ2v) is 18.6. The molecule has 13 aromatic rings. The van der Waals surface area contributed by atoms with Crippen molar-refractivity contribution in [2.45, 2.75) is 5.41 Å². The Labute approximate surface area is 407 Å². The first-order chi connectivity index (χ1) is 34.7. The summed E-state index contributed by atoms with van der Waals surface area (Å²) in [6.45, 7) is 0. The lowest BCUT2D eigenvalue weighted by Gasteiger charge is -2.34. The first-order valence-electron chi connectivity index (χ1n) is 24.2. The van der Waals surface area contributed by atoms with Gasteiger partial charge in [0.1, 0.15) is 0 Å². The van der Waals surface area contributed by atoms with Gasteiger partial charge in [0.15, 0.2) is 0 Å². The zero-order valence-electron chi connectivity index (χ0n) is 38.3. The largest absolute Gasteiger partial charge is 0.309 e. The highest BCUT2D eigenvalue weighted by atomic mass is 15.0. The van der Waals surface area contributed by atoms with E-state index in [1.807, 2.05) is 0 Å². The van der Waals surface area contributed by atoms with E-state index in [4.69, 9.17) is 4.98 Å². The maximum Gasteiger partial charge on any atom is 0.0788 e. The lowest BCUT2D eigenvalue weighted by atomic mass is 9.67. The van der Waals surface area contributed by atoms with Crippen molar-refractivity contribution in [3.8, 4) is 61.5 Å². The zero-order chi connectivity index (χ0) is 46.2. The van der Waals surface area contributed by atoms with Crippen LogP contribution in [0.5, 0.6) is 0 Å². The monoisotopic (exact) mass is 888 g/mol. The second kappa shape index (κ2) is 16.0. The van der Waals surface area contributed by atoms with Crippen LogP contribution in [0.15, 0.2) is 267 Å². The second-order valence-electron chi connectivity index (χ2n) is 18.6. The number of hydrogen-bond acceptors (Lipinski definition) is 1. The molecular formula is C68H44N2. The van der Waals surface area contributed by atoms with E-state index in [-0.39, 0.29) is 0 Å². The lowest BCUT2D eigenvalue weighted by Crippen LogP contribution is -2.28. The van der Waals surface area contributed by atoms with Crippen LogP contribution < -0.4 is 0 Å². The maximum absolute atomic E-state index is 5.48. The van der Waals surface area contributed by atoms with Gasteiger partial charge in [0.25, 0.3) is 0 Å². The molecule has 0 N–H and O–H groups in total. The third-order valence-corrected chi connectivity index (χ3v) is 14.9. The molecule has 0 unspecified atom stereocenters. The molecule has 11 aromatic carbocycles. The molecule has 0 saturated heterocycles. The zero-order valence-corrected chi connectivity index (χ0v) is 38.3. The number of pyridine rings is 1. The average molecular weight is 889 g/mol. The molecule has 70 heavy (non-hydrogen) atoms. The summed E-state index contributed by atoms with van der Waals surface area (Å²) in [5.41, 5.74) is 21.0. The van der Waals surface area contributed by atoms with Crippen LogP contribution in [0.4, 0.5) is 0 Å². The third-order valence-electron chi connectivity index (χ3n) is 14.9. The molecule has 0 fully saturated rings. The fourth-order valence-electron chi connectivity index (χ4n) is 11.7. The van der Waals surface area contributed by atoms with E-state index < -0.39 is 5.41 Å². The minimum atomic E-state index is -0.433. The van der Waals surface area contributed by atoms with Gasteiger partial charge in [-0.3, -0.25) is 0 Å². The van der Waals surface area contributed by atoms with Crippen LogP contribution in [-0.4, -0.2) is 9.55 Å². The van der Waals surface area contributed by atoms with Gasteiger partial charge in [-0.2, -0.15) is 0 Å². The van der Waals surface area contributed by atoms with Crippen molar-refractivity contribution < 1.29 is 0 Å². The van der Waals surface area contributed by atoms with Crippen LogP contribution in [0.1, 0.15) is 22.3 Å². The van der Waals surface area contributed by atoms with Crippen molar-refractivity contribution in [3.63, 3.8) is 0 Å². The van der Waals surface area contributed by atoms with Crippen molar-refractivity contribution >= 4 is 43.5 Å². The molecule has 0 aliphatic heterocycles. The van der Waals surface area contributed by atoms with E-state index in [1.54, 1.807) is 0 Å². The Morgan fingerprint density at radius 1 is 0.300 bits per heavy atom. The van der Waals surface area contributed by atoms with Gasteiger partial charge in [0.2, 0.25) is 0 Å². The number of fused-ring (bicyclic) bond motifs is 9. The summed E-state index contributed by atoms with van der Waals surface area (Å²) in [5, 5.41) is 5.95. The molecule has 1 aliphatic rings. The standard InChI is InChI=1S/C68H44N2/c1-5-18-49(19-6-1)67-60-44-65-58(57-27-14-16-31-64(57)70(65)53-24-11-4-12-25-53)43-59(60)66-54(28-17-30-63(66)69-67)48-38-36-46(37-39-48)45-32-34-47(35-33-45)50-40-41-56-55-26-13-15-29-61(55)68(62(56)42-50,51-20-7-2-8-21-51)52-22-9-3-10-23-52/h1-44H. The predicted molar refractivity (Wildman–Crippen MR) is 293 cm³/mol. The molecule has 0 amide bonds. The number of para-hydroxylation sites is 2. The highest BCUT2D eigenvalue weighted by Gasteiger charge is 2.46. The molecule has 1 aliphatic carbocycles. The van der Waals surface area contributed by atoms with Crippen LogP contribution in [0, 0.1) is 0 Å². The summed E-state index contributed by atoms with van der Waals surface area (Å²) in [4.78, 5) is 5.48. The van der Waals surface area contributed by atoms with Crippen molar-refractivity contribution in [1.29, 1.82) is 0 Å². The van der Waals surface area contributed by atoms with Gasteiger partial charge >= 0.3 is 0 Å². The van der Waals surface area contributed by atoms with E-state index in [1.165, 1.54) is 88.4 Å². The molecule has 0 bridgehead atoms. The van der Waals surface area contributed by atoms with Gasteiger partial charge in [0.05, 0.1) is 27.7 Å². The average Bonchev–Trinajstić information content (AvgIpc) is 3.93. The van der Waals surface area contributed by atoms with Gasteiger partial charge in [-0.05, 0) is 115 Å². The van der Waals surface area contributed by atoms with E-state index in [0.717, 1.165) is 38.8 Å². The Morgan fingerprint density at radius 2 is 0.843 bits per heavy atom. The Morgan fingerprint density at radius 3 is 1.54 bits per heavy atom. The Bertz CT molecular complexity index is 4080. The van der Waals surface area contributed by atoms with E-state index in [9.17, 15) is 0 Å². The molecule has 2 heteroatoms. The minimum absolute atomic E-state index is 0.433. The quantitative estimate of drug-likeness (QED) is 0.146. The normalized spacial score (nSPS) is 12.7. The number of nitrogens with zero attached hydrogens (tertiary/aromatic N) is 2. The first kappa shape index (κ1) is 40.0. The topological polar surface area (TPSA) is 17.8 Å². The van der Waals surface area contributed by atoms with E-state index in [2.05, 4.69) is 271 Å². The minimum Gasteiger partial charge on any atom is -0.309 e. The number of benzene rings is 11. The summed E-state index contributed by atoms with van der Waals surface area (Å²) in [6.07, 6.45) is 0. The summed E-state index contributed by atoms with van der Waals surface area (Å²) in [7, 11) is 0. The van der Waals surface area contributed by atoms with Crippen LogP contribution in [0.3, 0.4) is 0 Å². The summed E-state index contributed by atoms with van der Waals surface area (Å²) in [5.74, 6) is 0.